The molecule has 0 heterocycles. The van der Waals surface area contributed by atoms with Crippen molar-refractivity contribution in [2.45, 2.75) is 11.8 Å². The molecule has 0 aliphatic heterocycles. The molecule has 1 aliphatic rings. The Balaban J connectivity index is 1.90. The Bertz CT molecular complexity index is 1080. The van der Waals surface area contributed by atoms with Crippen LogP contribution in [0.1, 0.15) is 45.2 Å². The van der Waals surface area contributed by atoms with E-state index in [4.69, 9.17) is 22.3 Å². The van der Waals surface area contributed by atoms with Crippen LogP contribution < -0.4 is 9.47 Å². The minimum Gasteiger partial charge on any atom is -0.496 e. The molecular weight excluding hydrogens is 368 g/mol. The third kappa shape index (κ3) is 3.34. The fraction of sp³-hybridized carbons (Fsp3) is 0.143. The second-order valence-electron chi connectivity index (χ2n) is 7.17. The fourth-order valence-corrected chi connectivity index (χ4v) is 4.14. The van der Waals surface area contributed by atoms with Crippen LogP contribution in [0.5, 0.6) is 11.5 Å². The first-order valence-electron chi connectivity index (χ1n) is 9.76. The van der Waals surface area contributed by atoms with E-state index < -0.39 is 0 Å². The Kier molecular flexibility index (Phi) is 5.34. The Morgan fingerprint density at radius 3 is 1.27 bits per heavy atom. The quantitative estimate of drug-likeness (QED) is 0.433. The van der Waals surface area contributed by atoms with E-state index in [2.05, 4.69) is 48.3 Å². The summed E-state index contributed by atoms with van der Waals surface area (Å²) in [5.74, 6) is 7.11. The van der Waals surface area contributed by atoms with Crippen molar-refractivity contribution in [2.24, 2.45) is 0 Å². The maximum atomic E-state index is 5.78. The highest BCUT2D eigenvalue weighted by molar-refractivity contribution is 5.62. The first-order valence-corrected chi connectivity index (χ1v) is 9.76. The molecule has 0 saturated carbocycles. The first kappa shape index (κ1) is 19.4. The highest BCUT2D eigenvalue weighted by Crippen LogP contribution is 2.48. The molecule has 0 N–H and O–H groups in total. The van der Waals surface area contributed by atoms with E-state index in [9.17, 15) is 0 Å². The lowest BCUT2D eigenvalue weighted by atomic mass is 9.75. The van der Waals surface area contributed by atoms with Gasteiger partial charge in [-0.2, -0.15) is 0 Å². The molecule has 146 valence electrons. The van der Waals surface area contributed by atoms with E-state index in [0.29, 0.717) is 0 Å². The summed E-state index contributed by atoms with van der Waals surface area (Å²) >= 11 is 0. The molecule has 2 atom stereocenters. The zero-order valence-corrected chi connectivity index (χ0v) is 17.1. The summed E-state index contributed by atoms with van der Waals surface area (Å²) in [6.45, 7) is 0. The number of methoxy groups -OCH3 is 2. The number of hydrogen-bond donors (Lipinski definition) is 0. The van der Waals surface area contributed by atoms with Gasteiger partial charge in [0.2, 0.25) is 0 Å². The number of rotatable bonds is 4. The molecule has 3 aromatic carbocycles. The van der Waals surface area contributed by atoms with Gasteiger partial charge in [0.05, 0.1) is 14.2 Å². The van der Waals surface area contributed by atoms with Gasteiger partial charge in [0.15, 0.2) is 0 Å². The van der Waals surface area contributed by atoms with Gasteiger partial charge in [-0.25, -0.2) is 0 Å². The van der Waals surface area contributed by atoms with Crippen LogP contribution in [0.3, 0.4) is 0 Å². The van der Waals surface area contributed by atoms with E-state index in [0.717, 1.165) is 44.9 Å². The first-order chi connectivity index (χ1) is 14.7. The smallest absolute Gasteiger partial charge is 0.123 e. The van der Waals surface area contributed by atoms with Crippen molar-refractivity contribution in [3.63, 3.8) is 0 Å². The molecule has 4 rings (SSSR count). The number of ether oxygens (including phenoxy) is 2. The molecule has 3 aromatic rings. The Labute approximate surface area is 178 Å². The predicted molar refractivity (Wildman–Crippen MR) is 121 cm³/mol. The maximum Gasteiger partial charge on any atom is 0.123 e. The van der Waals surface area contributed by atoms with Crippen LogP contribution in [0, 0.1) is 24.7 Å². The maximum absolute atomic E-state index is 5.78. The van der Waals surface area contributed by atoms with Crippen molar-refractivity contribution in [2.75, 3.05) is 14.2 Å². The molecular formula is C28H22O2. The average Bonchev–Trinajstić information content (AvgIpc) is 2.82. The lowest BCUT2D eigenvalue weighted by Crippen LogP contribution is -2.15. The molecule has 2 nitrogen and oxygen atoms in total. The van der Waals surface area contributed by atoms with Gasteiger partial charge < -0.3 is 9.47 Å². The van der Waals surface area contributed by atoms with Crippen LogP contribution in [0.25, 0.3) is 0 Å². The molecule has 0 bridgehead atoms. The van der Waals surface area contributed by atoms with Gasteiger partial charge >= 0.3 is 0 Å². The summed E-state index contributed by atoms with van der Waals surface area (Å²) in [7, 11) is 3.41. The SMILES string of the molecule is C#Cc1ccc([C@H]2C=C[C@@H](c3ccc(C#C)cc3)c3c(OC)ccc(OC)c32)cc1. The molecule has 0 amide bonds. The number of allylic oxidation sites excluding steroid dienone is 2. The lowest BCUT2D eigenvalue weighted by Gasteiger charge is -2.30. The van der Waals surface area contributed by atoms with E-state index in [1.54, 1.807) is 14.2 Å². The normalized spacial score (nSPS) is 16.8. The van der Waals surface area contributed by atoms with Gasteiger partial charge in [0.1, 0.15) is 11.5 Å². The number of benzene rings is 3. The van der Waals surface area contributed by atoms with Crippen LogP contribution >= 0.6 is 0 Å². The van der Waals surface area contributed by atoms with Gasteiger partial charge in [-0.3, -0.25) is 0 Å². The minimum atomic E-state index is 0.0399. The molecule has 0 unspecified atom stereocenters. The third-order valence-electron chi connectivity index (χ3n) is 5.64. The molecule has 0 aromatic heterocycles. The minimum absolute atomic E-state index is 0.0399. The van der Waals surface area contributed by atoms with Gasteiger partial charge in [-0.1, -0.05) is 48.3 Å². The van der Waals surface area contributed by atoms with Gasteiger partial charge in [0.25, 0.3) is 0 Å². The highest BCUT2D eigenvalue weighted by atomic mass is 16.5. The Hall–Kier alpha value is -3.88. The topological polar surface area (TPSA) is 18.5 Å². The molecule has 1 aliphatic carbocycles. The second kappa shape index (κ2) is 8.24. The van der Waals surface area contributed by atoms with E-state index in [-0.39, 0.29) is 11.8 Å². The highest BCUT2D eigenvalue weighted by Gasteiger charge is 2.31. The largest absolute Gasteiger partial charge is 0.496 e. The van der Waals surface area contributed by atoms with Crippen molar-refractivity contribution >= 4 is 0 Å². The Morgan fingerprint density at radius 2 is 0.967 bits per heavy atom. The molecule has 0 spiro atoms. The monoisotopic (exact) mass is 390 g/mol. The van der Waals surface area contributed by atoms with Gasteiger partial charge in [-0.15, -0.1) is 12.8 Å². The Morgan fingerprint density at radius 1 is 0.600 bits per heavy atom. The standard InChI is InChI=1S/C28H22O2/c1-5-19-7-11-21(12-8-19)23-15-16-24(22-13-9-20(6-2)10-14-22)28-26(30-4)18-17-25(29-3)27(23)28/h1-2,7-18,23-24H,3-4H3/t23-,24+. The van der Waals surface area contributed by atoms with Crippen LogP contribution in [-0.4, -0.2) is 14.2 Å². The van der Waals surface area contributed by atoms with Crippen molar-refractivity contribution in [3.05, 3.63) is 106 Å². The molecule has 2 heteroatoms. The number of fused-ring (bicyclic) bond motifs is 1. The summed E-state index contributed by atoms with van der Waals surface area (Å²) in [6.07, 6.45) is 15.5. The van der Waals surface area contributed by atoms with Gasteiger partial charge in [0, 0.05) is 34.1 Å². The molecule has 0 fully saturated rings. The zero-order chi connectivity index (χ0) is 21.1. The predicted octanol–water partition coefficient (Wildman–Crippen LogP) is 5.50. The summed E-state index contributed by atoms with van der Waals surface area (Å²) in [5, 5.41) is 0. The number of hydrogen-bond acceptors (Lipinski definition) is 2. The van der Waals surface area contributed by atoms with Crippen molar-refractivity contribution < 1.29 is 9.47 Å². The molecule has 30 heavy (non-hydrogen) atoms. The molecule has 0 radical (unpaired) electrons. The fourth-order valence-electron chi connectivity index (χ4n) is 4.14. The van der Waals surface area contributed by atoms with Crippen molar-refractivity contribution in [3.8, 4) is 36.2 Å². The summed E-state index contributed by atoms with van der Waals surface area (Å²) < 4.78 is 11.6. The van der Waals surface area contributed by atoms with Crippen LogP contribution in [0.15, 0.2) is 72.8 Å². The zero-order valence-electron chi connectivity index (χ0n) is 17.1. The van der Waals surface area contributed by atoms with E-state index in [1.165, 1.54) is 0 Å². The summed E-state index contributed by atoms with van der Waals surface area (Å²) in [6, 6.07) is 20.1. The van der Waals surface area contributed by atoms with Crippen molar-refractivity contribution in [1.82, 2.24) is 0 Å². The van der Waals surface area contributed by atoms with Crippen molar-refractivity contribution in [1.29, 1.82) is 0 Å². The van der Waals surface area contributed by atoms with Crippen LogP contribution in [0.4, 0.5) is 0 Å². The third-order valence-corrected chi connectivity index (χ3v) is 5.64. The van der Waals surface area contributed by atoms with Gasteiger partial charge in [-0.05, 0) is 47.5 Å². The van der Waals surface area contributed by atoms with E-state index in [1.807, 2.05) is 36.4 Å². The summed E-state index contributed by atoms with van der Waals surface area (Å²) in [5.41, 5.74) is 6.25. The molecule has 0 saturated heterocycles. The van der Waals surface area contributed by atoms with E-state index >= 15 is 0 Å². The summed E-state index contributed by atoms with van der Waals surface area (Å²) in [4.78, 5) is 0. The lowest BCUT2D eigenvalue weighted by molar-refractivity contribution is 0.392. The van der Waals surface area contributed by atoms with Crippen LogP contribution in [0.2, 0.25) is 0 Å². The second-order valence-corrected chi connectivity index (χ2v) is 7.17. The van der Waals surface area contributed by atoms with Crippen LogP contribution in [-0.2, 0) is 0 Å². The average molecular weight is 390 g/mol. The number of terminal acetylenes is 2.